The van der Waals surface area contributed by atoms with Crippen molar-refractivity contribution < 1.29 is 0 Å². The van der Waals surface area contributed by atoms with Gasteiger partial charge in [-0.15, -0.1) is 0 Å². The average Bonchev–Trinajstić information content (AvgIpc) is 2.50. The van der Waals surface area contributed by atoms with Gasteiger partial charge < -0.3 is 4.98 Å². The normalized spacial score (nSPS) is 10.2. The lowest BCUT2D eigenvalue weighted by Crippen LogP contribution is -1.78. The van der Waals surface area contributed by atoms with E-state index in [4.69, 9.17) is 0 Å². The van der Waals surface area contributed by atoms with Crippen molar-refractivity contribution in [2.24, 2.45) is 0 Å². The van der Waals surface area contributed by atoms with Crippen LogP contribution in [-0.2, 0) is 0 Å². The van der Waals surface area contributed by atoms with Gasteiger partial charge in [0.05, 0.1) is 23.7 Å². The Bertz CT molecular complexity index is 389. The standard InChI is InChI=1S/C8H7N3/c1-2-6-3-7-8(4-9-6)11-5-10-7/h2-5H,1H2,(H,10,11). The van der Waals surface area contributed by atoms with E-state index in [-0.39, 0.29) is 0 Å². The van der Waals surface area contributed by atoms with Crippen LogP contribution in [0, 0.1) is 0 Å². The van der Waals surface area contributed by atoms with Crippen molar-refractivity contribution in [1.29, 1.82) is 0 Å². The molecule has 3 nitrogen and oxygen atoms in total. The molecule has 0 unspecified atom stereocenters. The van der Waals surface area contributed by atoms with Crippen molar-refractivity contribution in [3.63, 3.8) is 0 Å². The molecule has 0 aromatic carbocycles. The maximum Gasteiger partial charge on any atom is 0.107 e. The third-order valence-corrected chi connectivity index (χ3v) is 1.54. The first-order chi connectivity index (χ1) is 5.40. The molecule has 1 N–H and O–H groups in total. The Kier molecular flexibility index (Phi) is 1.22. The van der Waals surface area contributed by atoms with Crippen molar-refractivity contribution in [2.45, 2.75) is 0 Å². The predicted molar refractivity (Wildman–Crippen MR) is 44.0 cm³/mol. The summed E-state index contributed by atoms with van der Waals surface area (Å²) in [6.07, 6.45) is 5.09. The average molecular weight is 145 g/mol. The van der Waals surface area contributed by atoms with Crippen LogP contribution in [0.3, 0.4) is 0 Å². The topological polar surface area (TPSA) is 41.6 Å². The molecule has 0 aliphatic heterocycles. The second-order valence-corrected chi connectivity index (χ2v) is 2.23. The zero-order valence-corrected chi connectivity index (χ0v) is 5.91. The molecule has 2 aromatic rings. The van der Waals surface area contributed by atoms with Crippen molar-refractivity contribution in [2.75, 3.05) is 0 Å². The van der Waals surface area contributed by atoms with Gasteiger partial charge in [0.25, 0.3) is 0 Å². The SMILES string of the molecule is C=Cc1cc2[nH]cnc2cn1. The van der Waals surface area contributed by atoms with Crippen LogP contribution in [0.1, 0.15) is 5.69 Å². The van der Waals surface area contributed by atoms with Gasteiger partial charge >= 0.3 is 0 Å². The van der Waals surface area contributed by atoms with E-state index < -0.39 is 0 Å². The maximum absolute atomic E-state index is 4.10. The van der Waals surface area contributed by atoms with Crippen molar-refractivity contribution in [3.8, 4) is 0 Å². The third kappa shape index (κ3) is 0.902. The zero-order valence-electron chi connectivity index (χ0n) is 5.91. The number of pyridine rings is 1. The molecule has 0 saturated heterocycles. The number of imidazole rings is 1. The molecule has 3 heteroatoms. The number of hydrogen-bond acceptors (Lipinski definition) is 2. The monoisotopic (exact) mass is 145 g/mol. The Morgan fingerprint density at radius 1 is 1.45 bits per heavy atom. The van der Waals surface area contributed by atoms with Crippen LogP contribution in [0.25, 0.3) is 17.1 Å². The van der Waals surface area contributed by atoms with Gasteiger partial charge in [-0.25, -0.2) is 4.98 Å². The molecule has 0 aliphatic carbocycles. The van der Waals surface area contributed by atoms with Gasteiger partial charge in [0.1, 0.15) is 5.52 Å². The molecule has 0 spiro atoms. The molecule has 2 heterocycles. The Labute approximate surface area is 63.8 Å². The Morgan fingerprint density at radius 3 is 3.18 bits per heavy atom. The minimum atomic E-state index is 0.863. The number of nitrogens with one attached hydrogen (secondary N) is 1. The van der Waals surface area contributed by atoms with E-state index in [1.165, 1.54) is 0 Å². The van der Waals surface area contributed by atoms with Gasteiger partial charge in [-0.05, 0) is 12.1 Å². The van der Waals surface area contributed by atoms with Crippen molar-refractivity contribution in [1.82, 2.24) is 15.0 Å². The summed E-state index contributed by atoms with van der Waals surface area (Å²) in [4.78, 5) is 11.1. The second kappa shape index (κ2) is 2.20. The van der Waals surface area contributed by atoms with E-state index in [1.54, 1.807) is 18.6 Å². The molecule has 2 aromatic heterocycles. The van der Waals surface area contributed by atoms with E-state index in [0.717, 1.165) is 16.7 Å². The molecule has 0 radical (unpaired) electrons. The number of hydrogen-bond donors (Lipinski definition) is 1. The van der Waals surface area contributed by atoms with Gasteiger partial charge in [0, 0.05) is 0 Å². The van der Waals surface area contributed by atoms with Gasteiger partial charge in [0.2, 0.25) is 0 Å². The number of aromatic amines is 1. The number of nitrogens with zero attached hydrogens (tertiary/aromatic N) is 2. The van der Waals surface area contributed by atoms with E-state index in [0.29, 0.717) is 0 Å². The highest BCUT2D eigenvalue weighted by Crippen LogP contribution is 2.08. The van der Waals surface area contributed by atoms with Crippen LogP contribution in [0.4, 0.5) is 0 Å². The molecule has 11 heavy (non-hydrogen) atoms. The summed E-state index contributed by atoms with van der Waals surface area (Å²) in [5.74, 6) is 0. The molecule has 0 amide bonds. The molecule has 0 aliphatic rings. The van der Waals surface area contributed by atoms with E-state index in [2.05, 4.69) is 21.5 Å². The van der Waals surface area contributed by atoms with Gasteiger partial charge in [-0.2, -0.15) is 0 Å². The van der Waals surface area contributed by atoms with Gasteiger partial charge in [-0.1, -0.05) is 6.58 Å². The summed E-state index contributed by atoms with van der Waals surface area (Å²) in [7, 11) is 0. The molecular formula is C8H7N3. The molecule has 0 atom stereocenters. The van der Waals surface area contributed by atoms with Crippen LogP contribution in [-0.4, -0.2) is 15.0 Å². The van der Waals surface area contributed by atoms with Crippen molar-refractivity contribution in [3.05, 3.63) is 30.9 Å². The highest BCUT2D eigenvalue weighted by molar-refractivity contribution is 5.75. The number of fused-ring (bicyclic) bond motifs is 1. The number of aromatic nitrogens is 3. The molecule has 0 bridgehead atoms. The highest BCUT2D eigenvalue weighted by Gasteiger charge is 1.95. The summed E-state index contributed by atoms with van der Waals surface area (Å²) in [6, 6.07) is 1.91. The molecule has 0 saturated carbocycles. The fraction of sp³-hybridized carbons (Fsp3) is 0. The maximum atomic E-state index is 4.10. The third-order valence-electron chi connectivity index (χ3n) is 1.54. The zero-order chi connectivity index (χ0) is 7.68. The predicted octanol–water partition coefficient (Wildman–Crippen LogP) is 1.60. The van der Waals surface area contributed by atoms with E-state index in [9.17, 15) is 0 Å². The Hall–Kier alpha value is -1.64. The largest absolute Gasteiger partial charge is 0.344 e. The fourth-order valence-electron chi connectivity index (χ4n) is 0.966. The minimum Gasteiger partial charge on any atom is -0.344 e. The second-order valence-electron chi connectivity index (χ2n) is 2.23. The van der Waals surface area contributed by atoms with Gasteiger partial charge in [0.15, 0.2) is 0 Å². The quantitative estimate of drug-likeness (QED) is 0.662. The first kappa shape index (κ1) is 6.09. The van der Waals surface area contributed by atoms with Crippen molar-refractivity contribution >= 4 is 17.1 Å². The fourth-order valence-corrected chi connectivity index (χ4v) is 0.966. The Morgan fingerprint density at radius 2 is 2.36 bits per heavy atom. The van der Waals surface area contributed by atoms with Crippen LogP contribution in [0.15, 0.2) is 25.2 Å². The number of H-pyrrole nitrogens is 1. The van der Waals surface area contributed by atoms with Gasteiger partial charge in [-0.3, -0.25) is 4.98 Å². The van der Waals surface area contributed by atoms with Crippen LogP contribution < -0.4 is 0 Å². The van der Waals surface area contributed by atoms with E-state index >= 15 is 0 Å². The molecular weight excluding hydrogens is 138 g/mol. The summed E-state index contributed by atoms with van der Waals surface area (Å²) in [6.45, 7) is 3.63. The van der Waals surface area contributed by atoms with Crippen LogP contribution >= 0.6 is 0 Å². The highest BCUT2D eigenvalue weighted by atomic mass is 14.9. The lowest BCUT2D eigenvalue weighted by atomic mass is 10.3. The smallest absolute Gasteiger partial charge is 0.107 e. The molecule has 0 fully saturated rings. The Balaban J connectivity index is 2.76. The summed E-state index contributed by atoms with van der Waals surface area (Å²) >= 11 is 0. The lowest BCUT2D eigenvalue weighted by Gasteiger charge is -1.89. The first-order valence-corrected chi connectivity index (χ1v) is 3.32. The van der Waals surface area contributed by atoms with Crippen LogP contribution in [0.2, 0.25) is 0 Å². The summed E-state index contributed by atoms with van der Waals surface area (Å²) < 4.78 is 0. The summed E-state index contributed by atoms with van der Waals surface area (Å²) in [5, 5.41) is 0. The lowest BCUT2D eigenvalue weighted by molar-refractivity contribution is 1.31. The first-order valence-electron chi connectivity index (χ1n) is 3.32. The summed E-state index contributed by atoms with van der Waals surface area (Å²) in [5.41, 5.74) is 2.74. The minimum absolute atomic E-state index is 0.863. The van der Waals surface area contributed by atoms with Crippen LogP contribution in [0.5, 0.6) is 0 Å². The molecule has 54 valence electrons. The molecule has 2 rings (SSSR count). The number of rotatable bonds is 1. The van der Waals surface area contributed by atoms with E-state index in [1.807, 2.05) is 6.07 Å².